The van der Waals surface area contributed by atoms with E-state index in [0.29, 0.717) is 0 Å². The van der Waals surface area contributed by atoms with E-state index in [1.807, 2.05) is 0 Å². The average molecular weight is 291 g/mol. The molecular weight excluding hydrogens is 278 g/mol. The van der Waals surface area contributed by atoms with E-state index in [-0.39, 0.29) is 35.2 Å². The number of rotatable bonds is 4. The van der Waals surface area contributed by atoms with Crippen molar-refractivity contribution in [3.8, 4) is 5.75 Å². The van der Waals surface area contributed by atoms with Crippen LogP contribution in [0.4, 0.5) is 11.5 Å². The van der Waals surface area contributed by atoms with Gasteiger partial charge in [0, 0.05) is 6.20 Å². The summed E-state index contributed by atoms with van der Waals surface area (Å²) < 4.78 is 1.24. The molecule has 0 atom stereocenters. The van der Waals surface area contributed by atoms with E-state index in [1.165, 1.54) is 36.9 Å². The lowest BCUT2D eigenvalue weighted by Gasteiger charge is -2.06. The predicted octanol–water partition coefficient (Wildman–Crippen LogP) is 1.15. The van der Waals surface area contributed by atoms with Gasteiger partial charge in [-0.05, 0) is 26.0 Å². The summed E-state index contributed by atoms with van der Waals surface area (Å²) in [5.74, 6) is -0.631. The van der Waals surface area contributed by atoms with Gasteiger partial charge < -0.3 is 10.4 Å². The Labute approximate surface area is 119 Å². The molecule has 0 fully saturated rings. The Morgan fingerprint density at radius 2 is 2.24 bits per heavy atom. The topological polar surface area (TPSA) is 123 Å². The van der Waals surface area contributed by atoms with Crippen LogP contribution in [-0.4, -0.2) is 30.7 Å². The Bertz CT molecular complexity index is 710. The van der Waals surface area contributed by atoms with E-state index in [1.54, 1.807) is 0 Å². The fraction of sp³-hybridized carbons (Fsp3) is 0.250. The highest BCUT2D eigenvalue weighted by molar-refractivity contribution is 5.90. The molecule has 1 amide bonds. The summed E-state index contributed by atoms with van der Waals surface area (Å²) in [5, 5.41) is 26.8. The maximum absolute atomic E-state index is 11.9. The summed E-state index contributed by atoms with van der Waals surface area (Å²) in [4.78, 5) is 26.1. The van der Waals surface area contributed by atoms with E-state index in [0.717, 1.165) is 0 Å². The number of hydrogen-bond donors (Lipinski definition) is 2. The van der Waals surface area contributed by atoms with Crippen LogP contribution in [0, 0.1) is 24.0 Å². The molecule has 0 aliphatic carbocycles. The van der Waals surface area contributed by atoms with Gasteiger partial charge in [0.15, 0.2) is 11.6 Å². The molecule has 2 heterocycles. The van der Waals surface area contributed by atoms with Crippen LogP contribution in [0.25, 0.3) is 0 Å². The number of amides is 1. The highest BCUT2D eigenvalue weighted by Crippen LogP contribution is 2.22. The first-order chi connectivity index (χ1) is 9.90. The van der Waals surface area contributed by atoms with Crippen LogP contribution in [0.2, 0.25) is 0 Å². The van der Waals surface area contributed by atoms with Crippen molar-refractivity contribution in [3.05, 3.63) is 39.8 Å². The Morgan fingerprint density at radius 3 is 2.81 bits per heavy atom. The number of aryl methyl sites for hydroxylation is 1. The maximum atomic E-state index is 11.9. The van der Waals surface area contributed by atoms with Gasteiger partial charge in [0.25, 0.3) is 0 Å². The molecule has 2 aromatic heterocycles. The zero-order chi connectivity index (χ0) is 15.6. The lowest BCUT2D eigenvalue weighted by Crippen LogP contribution is -2.21. The number of nitro groups is 1. The van der Waals surface area contributed by atoms with Crippen molar-refractivity contribution in [3.63, 3.8) is 0 Å². The summed E-state index contributed by atoms with van der Waals surface area (Å²) in [6, 6.07) is 2.91. The molecule has 0 bridgehead atoms. The molecule has 0 aliphatic heterocycles. The second-order valence-corrected chi connectivity index (χ2v) is 4.35. The van der Waals surface area contributed by atoms with Crippen LogP contribution in [0.15, 0.2) is 18.3 Å². The quantitative estimate of drug-likeness (QED) is 0.643. The molecule has 0 spiro atoms. The molecule has 9 heteroatoms. The third kappa shape index (κ3) is 2.96. The Hall–Kier alpha value is -2.97. The molecular formula is C12H13N5O4. The third-order valence-corrected chi connectivity index (χ3v) is 2.86. The molecule has 0 aromatic carbocycles. The van der Waals surface area contributed by atoms with Crippen molar-refractivity contribution in [2.75, 3.05) is 5.32 Å². The van der Waals surface area contributed by atoms with Crippen LogP contribution >= 0.6 is 0 Å². The van der Waals surface area contributed by atoms with Gasteiger partial charge in [-0.3, -0.25) is 19.6 Å². The van der Waals surface area contributed by atoms with Crippen molar-refractivity contribution in [2.24, 2.45) is 0 Å². The third-order valence-electron chi connectivity index (χ3n) is 2.86. The van der Waals surface area contributed by atoms with Crippen molar-refractivity contribution in [1.82, 2.24) is 14.8 Å². The molecule has 2 aromatic rings. The van der Waals surface area contributed by atoms with Gasteiger partial charge in [-0.1, -0.05) is 0 Å². The van der Waals surface area contributed by atoms with Gasteiger partial charge in [0.2, 0.25) is 5.91 Å². The molecule has 2 N–H and O–H groups in total. The number of aromatic nitrogens is 3. The van der Waals surface area contributed by atoms with Crippen LogP contribution in [0.5, 0.6) is 5.75 Å². The van der Waals surface area contributed by atoms with Gasteiger partial charge >= 0.3 is 5.69 Å². The summed E-state index contributed by atoms with van der Waals surface area (Å²) in [5.41, 5.74) is 0.423. The standard InChI is InChI=1S/C12H13N5O4/c1-7-11(17(20)21)8(2)16(15-7)6-10(19)14-12-9(18)4-3-5-13-12/h3-5,18H,6H2,1-2H3,(H,13,14,19). The minimum Gasteiger partial charge on any atom is -0.504 e. The number of aromatic hydroxyl groups is 1. The van der Waals surface area contributed by atoms with E-state index in [4.69, 9.17) is 0 Å². The SMILES string of the molecule is Cc1nn(CC(=O)Nc2ncccc2O)c(C)c1[N+](=O)[O-]. The number of nitrogens with zero attached hydrogens (tertiary/aromatic N) is 4. The van der Waals surface area contributed by atoms with Crippen molar-refractivity contribution >= 4 is 17.4 Å². The van der Waals surface area contributed by atoms with Gasteiger partial charge in [0.05, 0.1) is 4.92 Å². The first kappa shape index (κ1) is 14.4. The number of hydrogen-bond acceptors (Lipinski definition) is 6. The monoisotopic (exact) mass is 291 g/mol. The molecule has 0 saturated heterocycles. The summed E-state index contributed by atoms with van der Waals surface area (Å²) in [6.07, 6.45) is 1.42. The van der Waals surface area contributed by atoms with Crippen LogP contribution < -0.4 is 5.32 Å². The number of carbonyl (C=O) groups is 1. The fourth-order valence-corrected chi connectivity index (χ4v) is 1.91. The Kier molecular flexibility index (Phi) is 3.83. The minimum atomic E-state index is -0.531. The fourth-order valence-electron chi connectivity index (χ4n) is 1.91. The largest absolute Gasteiger partial charge is 0.504 e. The Morgan fingerprint density at radius 1 is 1.52 bits per heavy atom. The molecule has 0 unspecified atom stereocenters. The molecule has 2 rings (SSSR count). The summed E-state index contributed by atoms with van der Waals surface area (Å²) in [7, 11) is 0. The second kappa shape index (κ2) is 5.57. The lowest BCUT2D eigenvalue weighted by molar-refractivity contribution is -0.386. The molecule has 110 valence electrons. The number of carbonyl (C=O) groups excluding carboxylic acids is 1. The summed E-state index contributed by atoms with van der Waals surface area (Å²) in [6.45, 7) is 2.81. The predicted molar refractivity (Wildman–Crippen MR) is 72.9 cm³/mol. The first-order valence-corrected chi connectivity index (χ1v) is 6.02. The Balaban J connectivity index is 2.16. The minimum absolute atomic E-state index is 0.0264. The smallest absolute Gasteiger partial charge is 0.312 e. The van der Waals surface area contributed by atoms with Gasteiger partial charge in [0.1, 0.15) is 17.9 Å². The summed E-state index contributed by atoms with van der Waals surface area (Å²) >= 11 is 0. The highest BCUT2D eigenvalue weighted by Gasteiger charge is 2.22. The first-order valence-electron chi connectivity index (χ1n) is 6.02. The van der Waals surface area contributed by atoms with Crippen molar-refractivity contribution in [2.45, 2.75) is 20.4 Å². The maximum Gasteiger partial charge on any atom is 0.312 e. The van der Waals surface area contributed by atoms with E-state index in [2.05, 4.69) is 15.4 Å². The van der Waals surface area contributed by atoms with Crippen LogP contribution in [-0.2, 0) is 11.3 Å². The molecule has 0 saturated carbocycles. The normalized spacial score (nSPS) is 10.4. The van der Waals surface area contributed by atoms with E-state index >= 15 is 0 Å². The number of nitrogens with one attached hydrogen (secondary N) is 1. The van der Waals surface area contributed by atoms with Crippen LogP contribution in [0.3, 0.4) is 0 Å². The zero-order valence-electron chi connectivity index (χ0n) is 11.4. The lowest BCUT2D eigenvalue weighted by atomic mass is 10.3. The second-order valence-electron chi connectivity index (χ2n) is 4.35. The number of anilines is 1. The average Bonchev–Trinajstić information content (AvgIpc) is 2.67. The zero-order valence-corrected chi connectivity index (χ0v) is 11.4. The van der Waals surface area contributed by atoms with Crippen molar-refractivity contribution in [1.29, 1.82) is 0 Å². The molecule has 0 aliphatic rings. The molecule has 21 heavy (non-hydrogen) atoms. The van der Waals surface area contributed by atoms with Crippen LogP contribution in [0.1, 0.15) is 11.4 Å². The highest BCUT2D eigenvalue weighted by atomic mass is 16.6. The van der Waals surface area contributed by atoms with E-state index < -0.39 is 10.8 Å². The van der Waals surface area contributed by atoms with Gasteiger partial charge in [-0.25, -0.2) is 4.98 Å². The van der Waals surface area contributed by atoms with Crippen molar-refractivity contribution < 1.29 is 14.8 Å². The van der Waals surface area contributed by atoms with E-state index in [9.17, 15) is 20.0 Å². The van der Waals surface area contributed by atoms with Gasteiger partial charge in [-0.2, -0.15) is 5.10 Å². The molecule has 0 radical (unpaired) electrons. The molecule has 9 nitrogen and oxygen atoms in total. The number of pyridine rings is 1. The van der Waals surface area contributed by atoms with Gasteiger partial charge in [-0.15, -0.1) is 0 Å².